The third kappa shape index (κ3) is 60.1. The second-order valence-corrected chi connectivity index (χ2v) is 25.4. The fourth-order valence-electron chi connectivity index (χ4n) is 9.73. The lowest BCUT2D eigenvalue weighted by Gasteiger charge is -2.27. The zero-order valence-corrected chi connectivity index (χ0v) is 54.2. The third-order valence-electron chi connectivity index (χ3n) is 14.9. The van der Waals surface area contributed by atoms with E-state index in [4.69, 9.17) is 13.8 Å². The molecule has 0 spiro atoms. The van der Waals surface area contributed by atoms with E-state index in [0.29, 0.717) is 23.9 Å². The summed E-state index contributed by atoms with van der Waals surface area (Å²) in [6.45, 7) is 6.92. The summed E-state index contributed by atoms with van der Waals surface area (Å²) in [5, 5.41) is 3.07. The molecule has 0 fully saturated rings. The van der Waals surface area contributed by atoms with Crippen molar-refractivity contribution in [1.82, 2.24) is 5.32 Å². The van der Waals surface area contributed by atoms with E-state index in [9.17, 15) is 19.0 Å². The first-order valence-electron chi connectivity index (χ1n) is 33.8. The van der Waals surface area contributed by atoms with Gasteiger partial charge in [-0.2, -0.15) is 0 Å². The Morgan fingerprint density at radius 2 is 0.800 bits per heavy atom. The van der Waals surface area contributed by atoms with Crippen LogP contribution in [-0.2, 0) is 27.9 Å². The number of rotatable bonds is 61. The maximum Gasteiger partial charge on any atom is 0.472 e. The van der Waals surface area contributed by atoms with Crippen LogP contribution in [0.4, 0.5) is 0 Å². The number of hydrogen-bond acceptors (Lipinski definition) is 6. The molecule has 0 heterocycles. The Morgan fingerprint density at radius 3 is 1.20 bits per heavy atom. The monoisotopic (exact) mass is 1140 g/mol. The highest BCUT2D eigenvalue weighted by Gasteiger charge is 2.30. The molecular formula is C70H130N2O7P+. The molecule has 9 nitrogen and oxygen atoms in total. The Labute approximate surface area is 495 Å². The van der Waals surface area contributed by atoms with E-state index in [1.54, 1.807) is 0 Å². The van der Waals surface area contributed by atoms with Gasteiger partial charge in [0.25, 0.3) is 0 Å². The zero-order valence-electron chi connectivity index (χ0n) is 53.3. The van der Waals surface area contributed by atoms with Crippen molar-refractivity contribution >= 4 is 19.7 Å². The van der Waals surface area contributed by atoms with Crippen LogP contribution in [0.3, 0.4) is 0 Å². The van der Waals surface area contributed by atoms with Crippen molar-refractivity contribution in [3.05, 3.63) is 72.9 Å². The summed E-state index contributed by atoms with van der Waals surface area (Å²) in [6.07, 6.45) is 77.6. The van der Waals surface area contributed by atoms with E-state index < -0.39 is 20.0 Å². The Kier molecular flexibility index (Phi) is 57.7. The first kappa shape index (κ1) is 77.5. The van der Waals surface area contributed by atoms with Crippen LogP contribution in [0.5, 0.6) is 0 Å². The predicted octanol–water partition coefficient (Wildman–Crippen LogP) is 21.2. The van der Waals surface area contributed by atoms with Gasteiger partial charge in [-0.1, -0.05) is 293 Å². The Morgan fingerprint density at radius 1 is 0.450 bits per heavy atom. The maximum atomic E-state index is 13.6. The highest BCUT2D eigenvalue weighted by atomic mass is 31.2. The molecule has 0 saturated carbocycles. The van der Waals surface area contributed by atoms with E-state index >= 15 is 0 Å². The second kappa shape index (κ2) is 59.6. The summed E-state index contributed by atoms with van der Waals surface area (Å²) >= 11 is 0. The molecule has 0 aromatic rings. The van der Waals surface area contributed by atoms with Crippen molar-refractivity contribution in [3.63, 3.8) is 0 Å². The van der Waals surface area contributed by atoms with Gasteiger partial charge < -0.3 is 19.4 Å². The van der Waals surface area contributed by atoms with Crippen molar-refractivity contribution < 1.29 is 37.3 Å². The van der Waals surface area contributed by atoms with Crippen LogP contribution in [0.15, 0.2) is 72.9 Å². The van der Waals surface area contributed by atoms with Crippen molar-refractivity contribution in [2.24, 2.45) is 0 Å². The maximum absolute atomic E-state index is 13.6. The molecule has 0 saturated heterocycles. The first-order valence-corrected chi connectivity index (χ1v) is 35.3. The largest absolute Gasteiger partial charge is 0.472 e. The molecule has 2 N–H and O–H groups in total. The van der Waals surface area contributed by atoms with E-state index in [1.807, 2.05) is 33.3 Å². The number of allylic oxidation sites excluding steroid dienone is 11. The van der Waals surface area contributed by atoms with Gasteiger partial charge in [0.05, 0.1) is 33.8 Å². The standard InChI is InChI=1S/C70H129N2O7P/c1-7-10-13-16-19-22-25-28-30-31-32-33-34-35-36-37-38-39-40-41-43-44-47-50-53-56-59-62-69(73)71-67(66-78-80(75,76)77-65-64-72(4,5)6)68(61-58-55-52-49-46-27-24-21-18-15-12-9-3)79-70(74)63-60-57-54-51-48-45-42-29-26-23-20-17-14-11-8-2/h10,13,19,22,28,30,32-33,35-36,58,61,67-68H,7-9,11-12,14-18,20-21,23-27,29,31,34,37-57,59-60,62-66H2,1-6H3,(H-,71,73,75,76)/p+1/b13-10-,22-19-,30-28-,33-32-,36-35-,61-58-. The summed E-state index contributed by atoms with van der Waals surface area (Å²) < 4.78 is 30.8. The van der Waals surface area contributed by atoms with Gasteiger partial charge in [0, 0.05) is 12.8 Å². The number of phosphoric ester groups is 1. The zero-order chi connectivity index (χ0) is 58.6. The van der Waals surface area contributed by atoms with E-state index in [0.717, 1.165) is 89.9 Å². The highest BCUT2D eigenvalue weighted by molar-refractivity contribution is 7.47. The van der Waals surface area contributed by atoms with Gasteiger partial charge in [0.2, 0.25) is 5.91 Å². The summed E-state index contributed by atoms with van der Waals surface area (Å²) in [7, 11) is 1.50. The Balaban J connectivity index is 5.05. The van der Waals surface area contributed by atoms with Crippen LogP contribution >= 0.6 is 7.82 Å². The van der Waals surface area contributed by atoms with Crippen LogP contribution < -0.4 is 5.32 Å². The Bertz CT molecular complexity index is 1600. The molecule has 466 valence electrons. The molecule has 3 unspecified atom stereocenters. The van der Waals surface area contributed by atoms with Gasteiger partial charge >= 0.3 is 13.8 Å². The number of esters is 1. The minimum atomic E-state index is -4.45. The van der Waals surface area contributed by atoms with Crippen LogP contribution in [0.2, 0.25) is 0 Å². The third-order valence-corrected chi connectivity index (χ3v) is 15.9. The van der Waals surface area contributed by atoms with Gasteiger partial charge in [-0.15, -0.1) is 0 Å². The van der Waals surface area contributed by atoms with Gasteiger partial charge in [-0.25, -0.2) is 4.57 Å². The number of amides is 1. The molecular weight excluding hydrogens is 1010 g/mol. The molecule has 10 heteroatoms. The van der Waals surface area contributed by atoms with Gasteiger partial charge in [0.1, 0.15) is 19.3 Å². The van der Waals surface area contributed by atoms with Crippen LogP contribution in [0, 0.1) is 0 Å². The highest BCUT2D eigenvalue weighted by Crippen LogP contribution is 2.43. The minimum Gasteiger partial charge on any atom is -0.456 e. The number of carbonyl (C=O) groups is 2. The summed E-state index contributed by atoms with van der Waals surface area (Å²) in [5.41, 5.74) is 0. The fraction of sp³-hybridized carbons (Fsp3) is 0.800. The average Bonchev–Trinajstić information content (AvgIpc) is 3.42. The number of ether oxygens (including phenoxy) is 1. The molecule has 0 aromatic carbocycles. The number of nitrogens with zero attached hydrogens (tertiary/aromatic N) is 1. The number of phosphoric acid groups is 1. The summed E-state index contributed by atoms with van der Waals surface area (Å²) in [6, 6.07) is -0.850. The summed E-state index contributed by atoms with van der Waals surface area (Å²) in [5.74, 6) is -0.499. The van der Waals surface area contributed by atoms with Crippen LogP contribution in [-0.4, -0.2) is 74.3 Å². The van der Waals surface area contributed by atoms with E-state index in [-0.39, 0.29) is 25.1 Å². The molecule has 0 aliphatic rings. The molecule has 1 amide bonds. The quantitative estimate of drug-likeness (QED) is 0.0205. The lowest BCUT2D eigenvalue weighted by Crippen LogP contribution is -2.47. The molecule has 0 radical (unpaired) electrons. The minimum absolute atomic E-state index is 0.0394. The smallest absolute Gasteiger partial charge is 0.456 e. The van der Waals surface area contributed by atoms with Crippen molar-refractivity contribution in [1.29, 1.82) is 0 Å². The number of unbranched alkanes of at least 4 members (excludes halogenated alkanes) is 35. The second-order valence-electron chi connectivity index (χ2n) is 24.0. The molecule has 0 bridgehead atoms. The number of hydrogen-bond donors (Lipinski definition) is 2. The number of likely N-dealkylation sites (N-methyl/N-ethyl adjacent to an activating group) is 1. The number of carbonyl (C=O) groups excluding carboxylic acids is 2. The molecule has 0 aliphatic heterocycles. The SMILES string of the molecule is CC/C=C\C/C=C\C/C=C\C/C=C\C/C=C\CCCCCCCCCCCCCC(=O)NC(COP(=O)(O)OCC[N+](C)(C)C)C(/C=C\CCCCCCCCCCCC)OC(=O)CCCCCCCCCCCCCCCCC. The number of nitrogens with one attached hydrogen (secondary N) is 1. The lowest BCUT2D eigenvalue weighted by molar-refractivity contribution is -0.870. The summed E-state index contributed by atoms with van der Waals surface area (Å²) in [4.78, 5) is 37.8. The topological polar surface area (TPSA) is 111 Å². The average molecular weight is 1140 g/mol. The van der Waals surface area contributed by atoms with Gasteiger partial charge in [0.15, 0.2) is 0 Å². The van der Waals surface area contributed by atoms with E-state index in [1.165, 1.54) is 186 Å². The lowest BCUT2D eigenvalue weighted by atomic mass is 10.0. The van der Waals surface area contributed by atoms with Crippen molar-refractivity contribution in [2.45, 2.75) is 322 Å². The normalized spacial score (nSPS) is 14.0. The van der Waals surface area contributed by atoms with E-state index in [2.05, 4.69) is 86.8 Å². The van der Waals surface area contributed by atoms with Crippen LogP contribution in [0.25, 0.3) is 0 Å². The van der Waals surface area contributed by atoms with Crippen LogP contribution in [0.1, 0.15) is 310 Å². The predicted molar refractivity (Wildman–Crippen MR) is 346 cm³/mol. The molecule has 0 aliphatic carbocycles. The van der Waals surface area contributed by atoms with Crippen molar-refractivity contribution in [2.75, 3.05) is 40.9 Å². The first-order chi connectivity index (χ1) is 38.9. The number of quaternary nitrogens is 1. The van der Waals surface area contributed by atoms with Gasteiger partial charge in [-0.05, 0) is 76.7 Å². The van der Waals surface area contributed by atoms with Crippen molar-refractivity contribution in [3.8, 4) is 0 Å². The fourth-order valence-corrected chi connectivity index (χ4v) is 10.5. The van der Waals surface area contributed by atoms with Gasteiger partial charge in [-0.3, -0.25) is 18.6 Å². The molecule has 80 heavy (non-hydrogen) atoms. The molecule has 0 aromatic heterocycles. The Hall–Kier alpha value is -2.55. The molecule has 3 atom stereocenters. The molecule has 0 rings (SSSR count).